The Morgan fingerprint density at radius 2 is 1.90 bits per heavy atom. The zero-order valence-electron chi connectivity index (χ0n) is 11.7. The van der Waals surface area contributed by atoms with E-state index in [1.54, 1.807) is 31.4 Å². The van der Waals surface area contributed by atoms with Gasteiger partial charge in [0.1, 0.15) is 17.3 Å². The van der Waals surface area contributed by atoms with E-state index in [2.05, 4.69) is 5.32 Å². The first kappa shape index (κ1) is 15.8. The van der Waals surface area contributed by atoms with Gasteiger partial charge in [-0.25, -0.2) is 4.39 Å². The molecule has 1 N–H and O–H groups in total. The van der Waals surface area contributed by atoms with Gasteiger partial charge in [-0.2, -0.15) is 0 Å². The Morgan fingerprint density at radius 3 is 2.62 bits per heavy atom. The molecule has 0 amide bonds. The lowest BCUT2D eigenvalue weighted by Crippen LogP contribution is -2.18. The first-order valence-electron chi connectivity index (χ1n) is 6.60. The number of hydrogen-bond acceptors (Lipinski definition) is 3. The summed E-state index contributed by atoms with van der Waals surface area (Å²) in [5, 5.41) is 3.88. The SMILES string of the molecule is COCCNCc1cc(Cl)ccc1Oc1ccc(F)cc1. The van der Waals surface area contributed by atoms with Crippen molar-refractivity contribution in [2.75, 3.05) is 20.3 Å². The van der Waals surface area contributed by atoms with Gasteiger partial charge in [-0.15, -0.1) is 0 Å². The van der Waals surface area contributed by atoms with Gasteiger partial charge in [0.15, 0.2) is 0 Å². The minimum atomic E-state index is -0.292. The van der Waals surface area contributed by atoms with Gasteiger partial charge in [-0.3, -0.25) is 0 Å². The van der Waals surface area contributed by atoms with Crippen molar-refractivity contribution < 1.29 is 13.9 Å². The maximum absolute atomic E-state index is 12.9. The molecule has 112 valence electrons. The Morgan fingerprint density at radius 1 is 1.14 bits per heavy atom. The van der Waals surface area contributed by atoms with Gasteiger partial charge >= 0.3 is 0 Å². The number of hydrogen-bond donors (Lipinski definition) is 1. The average molecular weight is 310 g/mol. The molecule has 0 aromatic heterocycles. The van der Waals surface area contributed by atoms with Crippen molar-refractivity contribution in [3.8, 4) is 11.5 Å². The van der Waals surface area contributed by atoms with E-state index in [1.807, 2.05) is 6.07 Å². The quantitative estimate of drug-likeness (QED) is 0.784. The third kappa shape index (κ3) is 5.01. The Balaban J connectivity index is 2.08. The van der Waals surface area contributed by atoms with E-state index in [-0.39, 0.29) is 5.82 Å². The number of methoxy groups -OCH3 is 1. The van der Waals surface area contributed by atoms with Crippen molar-refractivity contribution in [3.63, 3.8) is 0 Å². The van der Waals surface area contributed by atoms with Crippen LogP contribution in [0, 0.1) is 5.82 Å². The zero-order chi connectivity index (χ0) is 15.1. The Hall–Kier alpha value is -1.62. The highest BCUT2D eigenvalue weighted by Gasteiger charge is 2.06. The van der Waals surface area contributed by atoms with E-state index in [9.17, 15) is 4.39 Å². The van der Waals surface area contributed by atoms with E-state index in [1.165, 1.54) is 12.1 Å². The van der Waals surface area contributed by atoms with Crippen LogP contribution >= 0.6 is 11.6 Å². The Kier molecular flexibility index (Phi) is 5.99. The van der Waals surface area contributed by atoms with Crippen LogP contribution in [0.4, 0.5) is 4.39 Å². The predicted molar refractivity (Wildman–Crippen MR) is 81.5 cm³/mol. The van der Waals surface area contributed by atoms with Gasteiger partial charge in [0, 0.05) is 30.8 Å². The smallest absolute Gasteiger partial charge is 0.132 e. The van der Waals surface area contributed by atoms with Crippen molar-refractivity contribution in [1.82, 2.24) is 5.32 Å². The molecular weight excluding hydrogens is 293 g/mol. The highest BCUT2D eigenvalue weighted by molar-refractivity contribution is 6.30. The van der Waals surface area contributed by atoms with Gasteiger partial charge < -0.3 is 14.8 Å². The Labute approximate surface area is 128 Å². The minimum Gasteiger partial charge on any atom is -0.457 e. The van der Waals surface area contributed by atoms with E-state index in [4.69, 9.17) is 21.1 Å². The van der Waals surface area contributed by atoms with E-state index < -0.39 is 0 Å². The molecule has 0 spiro atoms. The molecule has 21 heavy (non-hydrogen) atoms. The summed E-state index contributed by atoms with van der Waals surface area (Å²) in [5.74, 6) is 0.979. The highest BCUT2D eigenvalue weighted by Crippen LogP contribution is 2.28. The van der Waals surface area contributed by atoms with Crippen LogP contribution in [0.5, 0.6) is 11.5 Å². The summed E-state index contributed by atoms with van der Waals surface area (Å²) in [4.78, 5) is 0. The third-order valence-corrected chi connectivity index (χ3v) is 3.10. The van der Waals surface area contributed by atoms with Gasteiger partial charge in [-0.05, 0) is 42.5 Å². The molecule has 0 atom stereocenters. The molecule has 0 unspecified atom stereocenters. The molecule has 0 saturated heterocycles. The summed E-state index contributed by atoms with van der Waals surface area (Å²) < 4.78 is 23.7. The molecule has 0 heterocycles. The second-order valence-electron chi connectivity index (χ2n) is 4.48. The fourth-order valence-corrected chi connectivity index (χ4v) is 2.01. The van der Waals surface area contributed by atoms with Crippen LogP contribution in [0.3, 0.4) is 0 Å². The summed E-state index contributed by atoms with van der Waals surface area (Å²) in [6.45, 7) is 1.98. The van der Waals surface area contributed by atoms with Gasteiger partial charge in [0.2, 0.25) is 0 Å². The second kappa shape index (κ2) is 7.98. The number of rotatable bonds is 7. The predicted octanol–water partition coefficient (Wildman–Crippen LogP) is 4.01. The molecule has 0 fully saturated rings. The van der Waals surface area contributed by atoms with Crippen molar-refractivity contribution in [2.45, 2.75) is 6.54 Å². The van der Waals surface area contributed by atoms with Crippen LogP contribution in [0.2, 0.25) is 5.02 Å². The molecule has 2 aromatic rings. The summed E-state index contributed by atoms with van der Waals surface area (Å²) in [7, 11) is 1.66. The summed E-state index contributed by atoms with van der Waals surface area (Å²) in [6, 6.07) is 11.3. The number of ether oxygens (including phenoxy) is 2. The topological polar surface area (TPSA) is 30.5 Å². The van der Waals surface area contributed by atoms with Gasteiger partial charge in [0.05, 0.1) is 6.61 Å². The molecule has 5 heteroatoms. The lowest BCUT2D eigenvalue weighted by molar-refractivity contribution is 0.199. The van der Waals surface area contributed by atoms with Crippen LogP contribution < -0.4 is 10.1 Å². The van der Waals surface area contributed by atoms with Crippen LogP contribution in [0.1, 0.15) is 5.56 Å². The maximum atomic E-state index is 12.9. The summed E-state index contributed by atoms with van der Waals surface area (Å²) in [6.07, 6.45) is 0. The van der Waals surface area contributed by atoms with Crippen molar-refractivity contribution in [3.05, 3.63) is 58.9 Å². The monoisotopic (exact) mass is 309 g/mol. The fraction of sp³-hybridized carbons (Fsp3) is 0.250. The van der Waals surface area contributed by atoms with E-state index in [0.29, 0.717) is 29.7 Å². The van der Waals surface area contributed by atoms with Crippen molar-refractivity contribution in [2.24, 2.45) is 0 Å². The Bertz CT molecular complexity index is 575. The maximum Gasteiger partial charge on any atom is 0.132 e. The number of benzene rings is 2. The first-order chi connectivity index (χ1) is 10.2. The van der Waals surface area contributed by atoms with E-state index >= 15 is 0 Å². The molecule has 2 rings (SSSR count). The van der Waals surface area contributed by atoms with Crippen molar-refractivity contribution in [1.29, 1.82) is 0 Å². The third-order valence-electron chi connectivity index (χ3n) is 2.86. The van der Waals surface area contributed by atoms with Crippen molar-refractivity contribution >= 4 is 11.6 Å². The molecule has 0 aliphatic heterocycles. The molecular formula is C16H17ClFNO2. The van der Waals surface area contributed by atoms with E-state index in [0.717, 1.165) is 12.1 Å². The standard InChI is InChI=1S/C16H17ClFNO2/c1-20-9-8-19-11-12-10-13(17)2-7-16(12)21-15-5-3-14(18)4-6-15/h2-7,10,19H,8-9,11H2,1H3. The van der Waals surface area contributed by atoms with Crippen LogP contribution in [-0.4, -0.2) is 20.3 Å². The largest absolute Gasteiger partial charge is 0.457 e. The van der Waals surface area contributed by atoms with Gasteiger partial charge in [-0.1, -0.05) is 11.6 Å². The lowest BCUT2D eigenvalue weighted by Gasteiger charge is -2.12. The second-order valence-corrected chi connectivity index (χ2v) is 4.91. The summed E-state index contributed by atoms with van der Waals surface area (Å²) in [5.41, 5.74) is 0.933. The average Bonchev–Trinajstić information content (AvgIpc) is 2.48. The molecule has 3 nitrogen and oxygen atoms in total. The first-order valence-corrected chi connectivity index (χ1v) is 6.98. The fourth-order valence-electron chi connectivity index (χ4n) is 1.81. The summed E-state index contributed by atoms with van der Waals surface area (Å²) >= 11 is 6.02. The van der Waals surface area contributed by atoms with Crippen LogP contribution in [0.25, 0.3) is 0 Å². The molecule has 0 radical (unpaired) electrons. The number of halogens is 2. The molecule has 0 aliphatic rings. The van der Waals surface area contributed by atoms with Crippen LogP contribution in [0.15, 0.2) is 42.5 Å². The van der Waals surface area contributed by atoms with Gasteiger partial charge in [0.25, 0.3) is 0 Å². The normalized spacial score (nSPS) is 10.6. The molecule has 2 aromatic carbocycles. The molecule has 0 bridgehead atoms. The minimum absolute atomic E-state index is 0.292. The zero-order valence-corrected chi connectivity index (χ0v) is 12.5. The lowest BCUT2D eigenvalue weighted by atomic mass is 10.2. The molecule has 0 saturated carbocycles. The highest BCUT2D eigenvalue weighted by atomic mass is 35.5. The number of nitrogens with one attached hydrogen (secondary N) is 1. The molecule has 0 aliphatic carbocycles. The van der Waals surface area contributed by atoms with Crippen LogP contribution in [-0.2, 0) is 11.3 Å².